The zero-order chi connectivity index (χ0) is 20.8. The zero-order valence-corrected chi connectivity index (χ0v) is 16.0. The first-order valence-electron chi connectivity index (χ1n) is 8.86. The SMILES string of the molecule is CCOc1cc([C@H](N)c2n[nH]c(COc3cccc([N+](=O)[O-])c3)n2)ccc1OC. The van der Waals surface area contributed by atoms with E-state index in [0.29, 0.717) is 35.5 Å². The van der Waals surface area contributed by atoms with Crippen LogP contribution in [0.5, 0.6) is 17.2 Å². The molecule has 10 heteroatoms. The fraction of sp³-hybridized carbons (Fsp3) is 0.263. The van der Waals surface area contributed by atoms with Crippen LogP contribution < -0.4 is 19.9 Å². The highest BCUT2D eigenvalue weighted by molar-refractivity contribution is 5.44. The van der Waals surface area contributed by atoms with Gasteiger partial charge in [0.25, 0.3) is 5.69 Å². The molecular weight excluding hydrogens is 378 g/mol. The molecule has 0 aliphatic heterocycles. The number of benzene rings is 2. The number of hydrogen-bond donors (Lipinski definition) is 2. The van der Waals surface area contributed by atoms with E-state index in [1.54, 1.807) is 31.4 Å². The predicted octanol–water partition coefficient (Wildman–Crippen LogP) is 2.75. The molecule has 152 valence electrons. The number of nitrogens with one attached hydrogen (secondary N) is 1. The summed E-state index contributed by atoms with van der Waals surface area (Å²) in [6.07, 6.45) is 0. The molecule has 0 bridgehead atoms. The molecule has 1 aromatic heterocycles. The Balaban J connectivity index is 1.70. The maximum absolute atomic E-state index is 10.8. The van der Waals surface area contributed by atoms with Crippen LogP contribution in [0.2, 0.25) is 0 Å². The number of nitrogens with two attached hydrogens (primary N) is 1. The molecule has 0 spiro atoms. The number of rotatable bonds is 9. The molecule has 3 N–H and O–H groups in total. The molecule has 0 amide bonds. The number of H-pyrrole nitrogens is 1. The van der Waals surface area contributed by atoms with Gasteiger partial charge in [-0.05, 0) is 30.7 Å². The number of non-ortho nitro benzene ring substituents is 1. The lowest BCUT2D eigenvalue weighted by molar-refractivity contribution is -0.384. The standard InChI is InChI=1S/C19H21N5O5/c1-3-28-16-9-12(7-8-15(16)27-2)18(20)19-21-17(22-23-19)11-29-14-6-4-5-13(10-14)24(25)26/h4-10,18H,3,11,20H2,1-2H3,(H,21,22,23)/t18-/m0/s1. The molecule has 29 heavy (non-hydrogen) atoms. The maximum atomic E-state index is 10.8. The first-order valence-corrected chi connectivity index (χ1v) is 8.86. The maximum Gasteiger partial charge on any atom is 0.273 e. The van der Waals surface area contributed by atoms with Crippen LogP contribution in [0.25, 0.3) is 0 Å². The quantitative estimate of drug-likeness (QED) is 0.414. The number of ether oxygens (including phenoxy) is 3. The summed E-state index contributed by atoms with van der Waals surface area (Å²) in [5, 5.41) is 17.8. The highest BCUT2D eigenvalue weighted by Gasteiger charge is 2.17. The monoisotopic (exact) mass is 399 g/mol. The van der Waals surface area contributed by atoms with E-state index < -0.39 is 11.0 Å². The molecule has 0 unspecified atom stereocenters. The van der Waals surface area contributed by atoms with Gasteiger partial charge in [0.05, 0.1) is 30.7 Å². The van der Waals surface area contributed by atoms with Gasteiger partial charge in [-0.3, -0.25) is 15.2 Å². The first-order chi connectivity index (χ1) is 14.0. The Bertz CT molecular complexity index is 991. The van der Waals surface area contributed by atoms with Crippen molar-refractivity contribution in [2.75, 3.05) is 13.7 Å². The average Bonchev–Trinajstić information content (AvgIpc) is 3.21. The van der Waals surface area contributed by atoms with Gasteiger partial charge in [-0.1, -0.05) is 12.1 Å². The topological polar surface area (TPSA) is 138 Å². The molecule has 0 saturated heterocycles. The van der Waals surface area contributed by atoms with Gasteiger partial charge in [0.2, 0.25) is 0 Å². The fourth-order valence-corrected chi connectivity index (χ4v) is 2.66. The van der Waals surface area contributed by atoms with E-state index in [4.69, 9.17) is 19.9 Å². The Labute approximate surface area is 166 Å². The van der Waals surface area contributed by atoms with Crippen LogP contribution in [-0.2, 0) is 6.61 Å². The number of aromatic nitrogens is 3. The van der Waals surface area contributed by atoms with Crippen molar-refractivity contribution < 1.29 is 19.1 Å². The molecule has 0 radical (unpaired) electrons. The molecule has 0 aliphatic rings. The van der Waals surface area contributed by atoms with E-state index in [1.165, 1.54) is 12.1 Å². The Morgan fingerprint density at radius 2 is 2.03 bits per heavy atom. The minimum atomic E-state index is -0.581. The van der Waals surface area contributed by atoms with Gasteiger partial charge in [-0.2, -0.15) is 5.10 Å². The second-order valence-electron chi connectivity index (χ2n) is 6.00. The van der Waals surface area contributed by atoms with Gasteiger partial charge in [-0.15, -0.1) is 0 Å². The highest BCUT2D eigenvalue weighted by Crippen LogP contribution is 2.31. The smallest absolute Gasteiger partial charge is 0.273 e. The minimum absolute atomic E-state index is 0.0487. The molecule has 0 saturated carbocycles. The largest absolute Gasteiger partial charge is 0.493 e. The van der Waals surface area contributed by atoms with Crippen molar-refractivity contribution in [3.05, 3.63) is 69.8 Å². The van der Waals surface area contributed by atoms with E-state index in [-0.39, 0.29) is 12.3 Å². The summed E-state index contributed by atoms with van der Waals surface area (Å²) in [7, 11) is 1.57. The Morgan fingerprint density at radius 3 is 2.76 bits per heavy atom. The van der Waals surface area contributed by atoms with Crippen LogP contribution in [-0.4, -0.2) is 33.8 Å². The molecule has 3 rings (SSSR count). The van der Waals surface area contributed by atoms with Crippen molar-refractivity contribution in [2.24, 2.45) is 5.73 Å². The summed E-state index contributed by atoms with van der Waals surface area (Å²) in [5.41, 5.74) is 7.00. The predicted molar refractivity (Wildman–Crippen MR) is 104 cm³/mol. The van der Waals surface area contributed by atoms with Crippen molar-refractivity contribution in [3.8, 4) is 17.2 Å². The van der Waals surface area contributed by atoms with Crippen molar-refractivity contribution in [1.29, 1.82) is 0 Å². The van der Waals surface area contributed by atoms with Crippen LogP contribution in [0.4, 0.5) is 5.69 Å². The van der Waals surface area contributed by atoms with E-state index in [1.807, 2.05) is 13.0 Å². The second-order valence-corrected chi connectivity index (χ2v) is 6.00. The summed E-state index contributed by atoms with van der Waals surface area (Å²) in [6, 6.07) is 10.7. The molecule has 3 aromatic rings. The molecular formula is C19H21N5O5. The minimum Gasteiger partial charge on any atom is -0.493 e. The number of nitrogens with zero attached hydrogens (tertiary/aromatic N) is 3. The van der Waals surface area contributed by atoms with Gasteiger partial charge in [0, 0.05) is 6.07 Å². The molecule has 0 aliphatic carbocycles. The van der Waals surface area contributed by atoms with E-state index in [2.05, 4.69) is 15.2 Å². The fourth-order valence-electron chi connectivity index (χ4n) is 2.66. The van der Waals surface area contributed by atoms with E-state index in [9.17, 15) is 10.1 Å². The molecule has 2 aromatic carbocycles. The van der Waals surface area contributed by atoms with Crippen LogP contribution >= 0.6 is 0 Å². The summed E-state index contributed by atoms with van der Waals surface area (Å²) < 4.78 is 16.4. The first kappa shape index (κ1) is 20.1. The lowest BCUT2D eigenvalue weighted by Gasteiger charge is -2.13. The van der Waals surface area contributed by atoms with Crippen LogP contribution in [0.15, 0.2) is 42.5 Å². The second kappa shape index (κ2) is 9.02. The van der Waals surface area contributed by atoms with Gasteiger partial charge in [-0.25, -0.2) is 4.98 Å². The van der Waals surface area contributed by atoms with Crippen molar-refractivity contribution >= 4 is 5.69 Å². The third kappa shape index (κ3) is 4.79. The highest BCUT2D eigenvalue weighted by atomic mass is 16.6. The molecule has 1 atom stereocenters. The number of nitro benzene ring substituents is 1. The third-order valence-corrected chi connectivity index (χ3v) is 4.08. The van der Waals surface area contributed by atoms with Gasteiger partial charge in [0.1, 0.15) is 12.4 Å². The lowest BCUT2D eigenvalue weighted by Crippen LogP contribution is -2.14. The summed E-state index contributed by atoms with van der Waals surface area (Å²) in [5.74, 6) is 2.39. The summed E-state index contributed by atoms with van der Waals surface area (Å²) in [4.78, 5) is 14.7. The van der Waals surface area contributed by atoms with Crippen LogP contribution in [0.3, 0.4) is 0 Å². The third-order valence-electron chi connectivity index (χ3n) is 4.08. The van der Waals surface area contributed by atoms with Gasteiger partial charge in [0.15, 0.2) is 23.1 Å². The normalized spacial score (nSPS) is 11.7. The molecule has 1 heterocycles. The average molecular weight is 399 g/mol. The van der Waals surface area contributed by atoms with Crippen LogP contribution in [0, 0.1) is 10.1 Å². The van der Waals surface area contributed by atoms with E-state index >= 15 is 0 Å². The van der Waals surface area contributed by atoms with Crippen molar-refractivity contribution in [1.82, 2.24) is 15.2 Å². The Hall–Kier alpha value is -3.66. The number of methoxy groups -OCH3 is 1. The van der Waals surface area contributed by atoms with Crippen LogP contribution in [0.1, 0.15) is 30.2 Å². The van der Waals surface area contributed by atoms with Gasteiger partial charge >= 0.3 is 0 Å². The van der Waals surface area contributed by atoms with Crippen molar-refractivity contribution in [2.45, 2.75) is 19.6 Å². The Morgan fingerprint density at radius 1 is 1.21 bits per heavy atom. The Kier molecular flexibility index (Phi) is 6.25. The zero-order valence-electron chi connectivity index (χ0n) is 16.0. The number of aromatic amines is 1. The van der Waals surface area contributed by atoms with Gasteiger partial charge < -0.3 is 19.9 Å². The van der Waals surface area contributed by atoms with E-state index in [0.717, 1.165) is 5.56 Å². The summed E-state index contributed by atoms with van der Waals surface area (Å²) in [6.45, 7) is 2.44. The lowest BCUT2D eigenvalue weighted by atomic mass is 10.1. The molecule has 0 fully saturated rings. The number of nitro groups is 1. The van der Waals surface area contributed by atoms with Crippen molar-refractivity contribution in [3.63, 3.8) is 0 Å². The summed E-state index contributed by atoms with van der Waals surface area (Å²) >= 11 is 0. The molecule has 10 nitrogen and oxygen atoms in total. The number of hydrogen-bond acceptors (Lipinski definition) is 8.